The molecule has 1 amide bonds. The Morgan fingerprint density at radius 1 is 1.06 bits per heavy atom. The van der Waals surface area contributed by atoms with Crippen LogP contribution in [0.15, 0.2) is 83.5 Å². The Morgan fingerprint density at radius 2 is 1.87 bits per heavy atom. The van der Waals surface area contributed by atoms with Gasteiger partial charge in [0.1, 0.15) is 11.5 Å². The standard InChI is InChI=1S/C24H19F3N2O2/c1-31-19-12-13-20-21(15-19)29(18-10-5-3-2-4-6-11-18)23(30)22(20)28-17-9-7-8-16(14-17)24(25,26)27/h3,5-15H,2,4H2,1H3/b5-3-,11-6-,18-10+,28-22?. The lowest BCUT2D eigenvalue weighted by molar-refractivity contribution is -0.137. The molecule has 1 aliphatic heterocycles. The van der Waals surface area contributed by atoms with Crippen LogP contribution in [0.5, 0.6) is 5.75 Å². The van der Waals surface area contributed by atoms with Gasteiger partial charge in [-0.2, -0.15) is 13.2 Å². The molecule has 0 fully saturated rings. The van der Waals surface area contributed by atoms with Gasteiger partial charge in [0.25, 0.3) is 5.91 Å². The Bertz CT molecular complexity index is 1140. The third kappa shape index (κ3) is 4.17. The first-order valence-electron chi connectivity index (χ1n) is 9.70. The lowest BCUT2D eigenvalue weighted by atomic mass is 10.1. The molecule has 0 saturated heterocycles. The minimum atomic E-state index is -4.49. The van der Waals surface area contributed by atoms with Gasteiger partial charge in [0.15, 0.2) is 0 Å². The number of amides is 1. The van der Waals surface area contributed by atoms with E-state index in [1.54, 1.807) is 18.2 Å². The smallest absolute Gasteiger partial charge is 0.416 e. The summed E-state index contributed by atoms with van der Waals surface area (Å²) < 4.78 is 44.6. The molecule has 1 aliphatic carbocycles. The fourth-order valence-corrected chi connectivity index (χ4v) is 3.46. The van der Waals surface area contributed by atoms with Crippen molar-refractivity contribution in [3.05, 3.63) is 89.7 Å². The predicted octanol–water partition coefficient (Wildman–Crippen LogP) is 5.97. The maximum atomic E-state index is 13.4. The van der Waals surface area contributed by atoms with E-state index in [1.165, 1.54) is 24.1 Å². The number of hydrogen-bond donors (Lipinski definition) is 0. The number of carbonyl (C=O) groups is 1. The van der Waals surface area contributed by atoms with Gasteiger partial charge >= 0.3 is 6.18 Å². The van der Waals surface area contributed by atoms with Gasteiger partial charge in [-0.25, -0.2) is 4.99 Å². The molecule has 2 aromatic rings. The molecule has 0 radical (unpaired) electrons. The van der Waals surface area contributed by atoms with Crippen molar-refractivity contribution in [2.24, 2.45) is 4.99 Å². The van der Waals surface area contributed by atoms with Gasteiger partial charge in [-0.1, -0.05) is 24.3 Å². The van der Waals surface area contributed by atoms with Gasteiger partial charge in [-0.05, 0) is 55.3 Å². The molecular weight excluding hydrogens is 405 g/mol. The number of rotatable bonds is 3. The second kappa shape index (κ2) is 8.26. The molecule has 4 rings (SSSR count). The first kappa shape index (κ1) is 20.7. The van der Waals surface area contributed by atoms with Crippen LogP contribution < -0.4 is 9.64 Å². The molecule has 0 atom stereocenters. The molecule has 31 heavy (non-hydrogen) atoms. The Kier molecular flexibility index (Phi) is 5.50. The molecule has 0 spiro atoms. The Hall–Kier alpha value is -3.61. The molecule has 0 aromatic heterocycles. The quantitative estimate of drug-likeness (QED) is 0.609. The van der Waals surface area contributed by atoms with E-state index in [1.807, 2.05) is 30.4 Å². The number of benzene rings is 2. The highest BCUT2D eigenvalue weighted by molar-refractivity contribution is 6.55. The van der Waals surface area contributed by atoms with Crippen LogP contribution in [0.4, 0.5) is 24.5 Å². The van der Waals surface area contributed by atoms with E-state index in [0.717, 1.165) is 25.0 Å². The summed E-state index contributed by atoms with van der Waals surface area (Å²) in [4.78, 5) is 19.2. The molecule has 0 bridgehead atoms. The average Bonchev–Trinajstić information content (AvgIpc) is 2.98. The third-order valence-electron chi connectivity index (χ3n) is 4.97. The van der Waals surface area contributed by atoms with Crippen LogP contribution in [0.3, 0.4) is 0 Å². The molecular formula is C24H19F3N2O2. The average molecular weight is 424 g/mol. The van der Waals surface area contributed by atoms with Crippen LogP contribution in [0, 0.1) is 0 Å². The number of halogens is 3. The van der Waals surface area contributed by atoms with E-state index in [0.29, 0.717) is 22.7 Å². The molecule has 158 valence electrons. The van der Waals surface area contributed by atoms with Crippen molar-refractivity contribution in [1.82, 2.24) is 0 Å². The van der Waals surface area contributed by atoms with Gasteiger partial charge in [-0.3, -0.25) is 9.69 Å². The van der Waals surface area contributed by atoms with E-state index < -0.39 is 17.6 Å². The summed E-state index contributed by atoms with van der Waals surface area (Å²) in [6.07, 6.45) is 6.80. The number of hydrogen-bond acceptors (Lipinski definition) is 3. The molecule has 2 aromatic carbocycles. The van der Waals surface area contributed by atoms with Crippen molar-refractivity contribution in [2.45, 2.75) is 19.0 Å². The minimum absolute atomic E-state index is 0.0591. The predicted molar refractivity (Wildman–Crippen MR) is 114 cm³/mol. The van der Waals surface area contributed by atoms with Gasteiger partial charge < -0.3 is 4.74 Å². The minimum Gasteiger partial charge on any atom is -0.497 e. The largest absolute Gasteiger partial charge is 0.497 e. The van der Waals surface area contributed by atoms with Crippen LogP contribution in [0.25, 0.3) is 0 Å². The molecule has 0 N–H and O–H groups in total. The molecule has 1 heterocycles. The topological polar surface area (TPSA) is 41.9 Å². The highest BCUT2D eigenvalue weighted by atomic mass is 19.4. The van der Waals surface area contributed by atoms with Crippen molar-refractivity contribution in [1.29, 1.82) is 0 Å². The van der Waals surface area contributed by atoms with E-state index in [2.05, 4.69) is 4.99 Å². The number of aliphatic imine (C=N–C) groups is 1. The van der Waals surface area contributed by atoms with E-state index >= 15 is 0 Å². The van der Waals surface area contributed by atoms with Crippen LogP contribution in [-0.4, -0.2) is 18.7 Å². The fraction of sp³-hybridized carbons (Fsp3) is 0.167. The van der Waals surface area contributed by atoms with Gasteiger partial charge in [0, 0.05) is 17.3 Å². The Balaban J connectivity index is 1.84. The maximum absolute atomic E-state index is 13.4. The molecule has 0 unspecified atom stereocenters. The van der Waals surface area contributed by atoms with Crippen molar-refractivity contribution >= 4 is 23.0 Å². The third-order valence-corrected chi connectivity index (χ3v) is 4.97. The Labute approximate surface area is 177 Å². The summed E-state index contributed by atoms with van der Waals surface area (Å²) in [7, 11) is 1.53. The number of alkyl halides is 3. The normalized spacial score (nSPS) is 21.2. The van der Waals surface area contributed by atoms with Gasteiger partial charge in [0.05, 0.1) is 24.0 Å². The number of anilines is 1. The van der Waals surface area contributed by atoms with E-state index in [4.69, 9.17) is 4.74 Å². The lowest BCUT2D eigenvalue weighted by Gasteiger charge is -2.19. The van der Waals surface area contributed by atoms with Crippen LogP contribution >= 0.6 is 0 Å². The van der Waals surface area contributed by atoms with Crippen LogP contribution in [0.2, 0.25) is 0 Å². The molecule has 4 nitrogen and oxygen atoms in total. The highest BCUT2D eigenvalue weighted by Gasteiger charge is 2.36. The fourth-order valence-electron chi connectivity index (χ4n) is 3.46. The molecule has 0 saturated carbocycles. The maximum Gasteiger partial charge on any atom is 0.416 e. The number of carbonyl (C=O) groups excluding carboxylic acids is 1. The monoisotopic (exact) mass is 424 g/mol. The zero-order chi connectivity index (χ0) is 22.0. The SMILES string of the molecule is COc1ccc2c(c1)N(C1=C/C=C\CC/C=C\1)C(=O)C2=Nc1cccc(C(F)(F)F)c1. The number of methoxy groups -OCH3 is 1. The first-order chi connectivity index (χ1) is 14.9. The van der Waals surface area contributed by atoms with Crippen LogP contribution in [-0.2, 0) is 11.0 Å². The van der Waals surface area contributed by atoms with Crippen molar-refractivity contribution in [3.8, 4) is 5.75 Å². The first-order valence-corrected chi connectivity index (χ1v) is 9.70. The Morgan fingerprint density at radius 3 is 2.65 bits per heavy atom. The lowest BCUT2D eigenvalue weighted by Crippen LogP contribution is -2.28. The molecule has 2 aliphatic rings. The number of allylic oxidation sites excluding steroid dienone is 5. The van der Waals surface area contributed by atoms with Crippen molar-refractivity contribution in [2.75, 3.05) is 12.0 Å². The second-order valence-corrected chi connectivity index (χ2v) is 7.03. The summed E-state index contributed by atoms with van der Waals surface area (Å²) in [5.41, 5.74) is 1.07. The van der Waals surface area contributed by atoms with Crippen LogP contribution in [0.1, 0.15) is 24.0 Å². The van der Waals surface area contributed by atoms with Gasteiger partial charge in [0.2, 0.25) is 0 Å². The zero-order valence-corrected chi connectivity index (χ0v) is 16.7. The van der Waals surface area contributed by atoms with Crippen molar-refractivity contribution < 1.29 is 22.7 Å². The summed E-state index contributed by atoms with van der Waals surface area (Å²) >= 11 is 0. The van der Waals surface area contributed by atoms with E-state index in [-0.39, 0.29) is 11.4 Å². The van der Waals surface area contributed by atoms with Crippen molar-refractivity contribution in [3.63, 3.8) is 0 Å². The number of nitrogens with zero attached hydrogens (tertiary/aromatic N) is 2. The summed E-state index contributed by atoms with van der Waals surface area (Å²) in [6.45, 7) is 0. The second-order valence-electron chi connectivity index (χ2n) is 7.03. The molecule has 7 heteroatoms. The number of fused-ring (bicyclic) bond motifs is 1. The zero-order valence-electron chi connectivity index (χ0n) is 16.7. The summed E-state index contributed by atoms with van der Waals surface area (Å²) in [5.74, 6) is 0.147. The summed E-state index contributed by atoms with van der Waals surface area (Å²) in [6, 6.07) is 9.74. The van der Waals surface area contributed by atoms with Gasteiger partial charge in [-0.15, -0.1) is 0 Å². The highest BCUT2D eigenvalue weighted by Crippen LogP contribution is 2.38. The number of ether oxygens (including phenoxy) is 1. The summed E-state index contributed by atoms with van der Waals surface area (Å²) in [5, 5.41) is 0. The van der Waals surface area contributed by atoms with E-state index in [9.17, 15) is 18.0 Å².